The van der Waals surface area contributed by atoms with Crippen LogP contribution >= 0.6 is 15.9 Å². The fourth-order valence-corrected chi connectivity index (χ4v) is 3.43. The van der Waals surface area contributed by atoms with E-state index in [0.29, 0.717) is 10.2 Å². The SMILES string of the molecule is Nc1ccnc(C(=O)NS(=O)(=O)c2ccccc2Br)c1. The Hall–Kier alpha value is -1.93. The van der Waals surface area contributed by atoms with Gasteiger partial charge in [0.1, 0.15) is 10.6 Å². The molecule has 0 atom stereocenters. The van der Waals surface area contributed by atoms with Crippen molar-refractivity contribution < 1.29 is 13.2 Å². The first-order valence-corrected chi connectivity index (χ1v) is 7.71. The zero-order valence-electron chi connectivity index (χ0n) is 10.1. The van der Waals surface area contributed by atoms with Crippen LogP contribution in [0, 0.1) is 0 Å². The van der Waals surface area contributed by atoms with Crippen LogP contribution < -0.4 is 10.5 Å². The van der Waals surface area contributed by atoms with Gasteiger partial charge in [0.15, 0.2) is 0 Å². The molecule has 20 heavy (non-hydrogen) atoms. The Kier molecular flexibility index (Phi) is 4.05. The zero-order valence-corrected chi connectivity index (χ0v) is 12.5. The number of halogens is 1. The fourth-order valence-electron chi connectivity index (χ4n) is 1.46. The average Bonchev–Trinajstić information content (AvgIpc) is 2.38. The molecule has 2 aromatic rings. The molecule has 1 aromatic heterocycles. The lowest BCUT2D eigenvalue weighted by atomic mass is 10.3. The summed E-state index contributed by atoms with van der Waals surface area (Å²) in [5, 5.41) is 0. The minimum Gasteiger partial charge on any atom is -0.399 e. The molecular weight excluding hydrogens is 346 g/mol. The summed E-state index contributed by atoms with van der Waals surface area (Å²) in [7, 11) is -3.98. The van der Waals surface area contributed by atoms with E-state index in [1.807, 2.05) is 4.72 Å². The number of hydrogen-bond acceptors (Lipinski definition) is 5. The monoisotopic (exact) mass is 355 g/mol. The Balaban J connectivity index is 2.30. The van der Waals surface area contributed by atoms with Crippen molar-refractivity contribution in [2.75, 3.05) is 5.73 Å². The third-order valence-corrected chi connectivity index (χ3v) is 4.71. The molecular formula is C12H10BrN3O3S. The second kappa shape index (κ2) is 5.59. The molecule has 0 aliphatic rings. The summed E-state index contributed by atoms with van der Waals surface area (Å²) in [6.07, 6.45) is 1.33. The number of carbonyl (C=O) groups excluding carboxylic acids is 1. The van der Waals surface area contributed by atoms with E-state index in [4.69, 9.17) is 5.73 Å². The molecule has 0 aliphatic carbocycles. The van der Waals surface area contributed by atoms with Crippen molar-refractivity contribution in [3.8, 4) is 0 Å². The van der Waals surface area contributed by atoms with Gasteiger partial charge in [0.05, 0.1) is 0 Å². The molecule has 2 rings (SSSR count). The molecule has 0 radical (unpaired) electrons. The zero-order chi connectivity index (χ0) is 14.8. The summed E-state index contributed by atoms with van der Waals surface area (Å²) in [6, 6.07) is 8.97. The van der Waals surface area contributed by atoms with Gasteiger partial charge >= 0.3 is 0 Å². The van der Waals surface area contributed by atoms with Crippen LogP contribution in [0.25, 0.3) is 0 Å². The normalized spacial score (nSPS) is 11.1. The van der Waals surface area contributed by atoms with Gasteiger partial charge in [-0.15, -0.1) is 0 Å². The van der Waals surface area contributed by atoms with Crippen LogP contribution in [0.2, 0.25) is 0 Å². The molecule has 1 amide bonds. The number of aromatic nitrogens is 1. The van der Waals surface area contributed by atoms with Crippen molar-refractivity contribution in [2.24, 2.45) is 0 Å². The van der Waals surface area contributed by atoms with Crippen LogP contribution in [0.3, 0.4) is 0 Å². The third kappa shape index (κ3) is 3.14. The summed E-state index contributed by atoms with van der Waals surface area (Å²) in [5.74, 6) is -0.840. The molecule has 0 fully saturated rings. The molecule has 0 unspecified atom stereocenters. The van der Waals surface area contributed by atoms with Crippen LogP contribution in [0.5, 0.6) is 0 Å². The van der Waals surface area contributed by atoms with Crippen molar-refractivity contribution in [1.82, 2.24) is 9.71 Å². The minimum atomic E-state index is -3.98. The van der Waals surface area contributed by atoms with E-state index in [-0.39, 0.29) is 10.6 Å². The molecule has 0 saturated carbocycles. The van der Waals surface area contributed by atoms with Gasteiger partial charge in [-0.2, -0.15) is 0 Å². The highest BCUT2D eigenvalue weighted by atomic mass is 79.9. The van der Waals surface area contributed by atoms with Crippen LogP contribution in [0.4, 0.5) is 5.69 Å². The number of sulfonamides is 1. The largest absolute Gasteiger partial charge is 0.399 e. The number of amides is 1. The van der Waals surface area contributed by atoms with Crippen LogP contribution in [-0.4, -0.2) is 19.3 Å². The predicted molar refractivity (Wildman–Crippen MR) is 77.4 cm³/mol. The molecule has 6 nitrogen and oxygen atoms in total. The predicted octanol–water partition coefficient (Wildman–Crippen LogP) is 1.54. The Morgan fingerprint density at radius 3 is 2.60 bits per heavy atom. The van der Waals surface area contributed by atoms with E-state index in [1.54, 1.807) is 18.2 Å². The van der Waals surface area contributed by atoms with Crippen molar-refractivity contribution >= 4 is 37.5 Å². The number of benzene rings is 1. The lowest BCUT2D eigenvalue weighted by Crippen LogP contribution is -2.31. The number of nitrogens with one attached hydrogen (secondary N) is 1. The van der Waals surface area contributed by atoms with E-state index >= 15 is 0 Å². The van der Waals surface area contributed by atoms with E-state index in [1.165, 1.54) is 24.4 Å². The first kappa shape index (κ1) is 14.5. The number of rotatable bonds is 3. The van der Waals surface area contributed by atoms with Crippen LogP contribution in [-0.2, 0) is 10.0 Å². The quantitative estimate of drug-likeness (QED) is 0.869. The summed E-state index contributed by atoms with van der Waals surface area (Å²) in [4.78, 5) is 15.6. The first-order chi connectivity index (χ1) is 9.40. The van der Waals surface area contributed by atoms with E-state index in [9.17, 15) is 13.2 Å². The van der Waals surface area contributed by atoms with Crippen LogP contribution in [0.1, 0.15) is 10.5 Å². The van der Waals surface area contributed by atoms with Crippen molar-refractivity contribution in [3.05, 3.63) is 52.8 Å². The Morgan fingerprint density at radius 2 is 1.95 bits per heavy atom. The Morgan fingerprint density at radius 1 is 1.25 bits per heavy atom. The maximum atomic E-state index is 12.1. The van der Waals surface area contributed by atoms with Crippen LogP contribution in [0.15, 0.2) is 52.0 Å². The van der Waals surface area contributed by atoms with Gasteiger partial charge in [0, 0.05) is 16.4 Å². The van der Waals surface area contributed by atoms with Gasteiger partial charge in [0.25, 0.3) is 15.9 Å². The number of nitrogens with zero attached hydrogens (tertiary/aromatic N) is 1. The topological polar surface area (TPSA) is 102 Å². The molecule has 104 valence electrons. The number of anilines is 1. The van der Waals surface area contributed by atoms with E-state index in [0.717, 1.165) is 0 Å². The molecule has 0 spiro atoms. The van der Waals surface area contributed by atoms with Crippen molar-refractivity contribution in [2.45, 2.75) is 4.90 Å². The second-order valence-corrected chi connectivity index (χ2v) is 6.34. The van der Waals surface area contributed by atoms with E-state index < -0.39 is 15.9 Å². The molecule has 3 N–H and O–H groups in total. The highest BCUT2D eigenvalue weighted by Crippen LogP contribution is 2.21. The second-order valence-electron chi connectivity index (χ2n) is 3.84. The Bertz CT molecular complexity index is 762. The maximum Gasteiger partial charge on any atom is 0.283 e. The van der Waals surface area contributed by atoms with Crippen molar-refractivity contribution in [1.29, 1.82) is 0 Å². The highest BCUT2D eigenvalue weighted by molar-refractivity contribution is 9.10. The summed E-state index contributed by atoms with van der Waals surface area (Å²) >= 11 is 3.12. The summed E-state index contributed by atoms with van der Waals surface area (Å²) in [6.45, 7) is 0. The number of hydrogen-bond donors (Lipinski definition) is 2. The smallest absolute Gasteiger partial charge is 0.283 e. The van der Waals surface area contributed by atoms with Gasteiger partial charge in [-0.25, -0.2) is 13.1 Å². The summed E-state index contributed by atoms with van der Waals surface area (Å²) < 4.78 is 26.5. The number of nitrogen functional groups attached to an aromatic ring is 1. The number of nitrogens with two attached hydrogens (primary N) is 1. The van der Waals surface area contributed by atoms with Gasteiger partial charge in [-0.1, -0.05) is 12.1 Å². The highest BCUT2D eigenvalue weighted by Gasteiger charge is 2.21. The number of carbonyl (C=O) groups is 1. The first-order valence-electron chi connectivity index (χ1n) is 5.43. The molecule has 0 saturated heterocycles. The Labute approximate surface area is 124 Å². The van der Waals surface area contributed by atoms with E-state index in [2.05, 4.69) is 20.9 Å². The molecule has 0 bridgehead atoms. The minimum absolute atomic E-state index is 0.0303. The summed E-state index contributed by atoms with van der Waals surface area (Å²) in [5.41, 5.74) is 5.77. The average molecular weight is 356 g/mol. The maximum absolute atomic E-state index is 12.1. The molecule has 0 aliphatic heterocycles. The third-order valence-electron chi connectivity index (χ3n) is 2.37. The lowest BCUT2D eigenvalue weighted by molar-refractivity contribution is 0.0976. The fraction of sp³-hybridized carbons (Fsp3) is 0. The number of pyridine rings is 1. The van der Waals surface area contributed by atoms with Gasteiger partial charge in [-0.05, 0) is 40.2 Å². The standard InChI is InChI=1S/C12H10BrN3O3S/c13-9-3-1-2-4-11(9)20(18,19)16-12(17)10-7-8(14)5-6-15-10/h1-7H,(H2,14,15)(H,16,17). The lowest BCUT2D eigenvalue weighted by Gasteiger charge is -2.08. The molecule has 1 heterocycles. The molecule has 1 aromatic carbocycles. The van der Waals surface area contributed by atoms with Crippen molar-refractivity contribution in [3.63, 3.8) is 0 Å². The van der Waals surface area contributed by atoms with Gasteiger partial charge in [0.2, 0.25) is 0 Å². The van der Waals surface area contributed by atoms with Gasteiger partial charge < -0.3 is 5.73 Å². The van der Waals surface area contributed by atoms with Gasteiger partial charge in [-0.3, -0.25) is 9.78 Å². The molecule has 8 heteroatoms.